The summed E-state index contributed by atoms with van der Waals surface area (Å²) < 4.78 is 4.82. The van der Waals surface area contributed by atoms with Gasteiger partial charge in [0.15, 0.2) is 0 Å². The Labute approximate surface area is 334 Å². The molecule has 13 rings (SSSR count). The van der Waals surface area contributed by atoms with Gasteiger partial charge in [-0.2, -0.15) is 0 Å². The fourth-order valence-electron chi connectivity index (χ4n) is 9.88. The second-order valence-corrected chi connectivity index (χ2v) is 15.5. The van der Waals surface area contributed by atoms with Crippen LogP contribution in [-0.4, -0.2) is 14.1 Å². The van der Waals surface area contributed by atoms with Crippen molar-refractivity contribution in [2.24, 2.45) is 0 Å². The van der Waals surface area contributed by atoms with Crippen LogP contribution in [0.2, 0.25) is 0 Å². The van der Waals surface area contributed by atoms with Gasteiger partial charge in [-0.3, -0.25) is 4.98 Å². The molecule has 0 amide bonds. The first-order chi connectivity index (χ1) is 28.8. The monoisotopic (exact) mass is 735 g/mol. The maximum Gasteiger partial charge on any atom is 0.0781 e. The van der Waals surface area contributed by atoms with E-state index in [0.29, 0.717) is 0 Å². The molecule has 3 heteroatoms. The van der Waals surface area contributed by atoms with Crippen molar-refractivity contribution in [2.45, 2.75) is 0 Å². The van der Waals surface area contributed by atoms with Crippen molar-refractivity contribution in [3.8, 4) is 56.0 Å². The molecule has 0 fully saturated rings. The van der Waals surface area contributed by atoms with E-state index >= 15 is 0 Å². The Morgan fingerprint density at radius 2 is 0.862 bits per heavy atom. The van der Waals surface area contributed by atoms with Crippen molar-refractivity contribution in [3.63, 3.8) is 0 Å². The van der Waals surface area contributed by atoms with Crippen LogP contribution in [0.3, 0.4) is 0 Å². The zero-order chi connectivity index (χ0) is 37.9. The van der Waals surface area contributed by atoms with Gasteiger partial charge in [0.05, 0.1) is 27.8 Å². The molecule has 0 saturated heterocycles. The minimum atomic E-state index is 1.01. The summed E-state index contributed by atoms with van der Waals surface area (Å²) >= 11 is 0. The standard InChI is InChI=1S/C55H33N3/c1-2-12-35-29-40(26-23-34(35)11-1)58-51-22-8-6-18-44(51)48-32-37(25-28-53(48)58)36-24-27-52-47(31-36)43-17-5-7-21-50(43)57(52)39-14-9-13-38(30-39)55-46-20-10-19-45-41-15-3-4-16-42(41)49(33-56-55)54(45)46/h1-33H. The summed E-state index contributed by atoms with van der Waals surface area (Å²) in [5.74, 6) is 0. The van der Waals surface area contributed by atoms with Gasteiger partial charge in [0.2, 0.25) is 0 Å². The van der Waals surface area contributed by atoms with E-state index in [4.69, 9.17) is 4.98 Å². The molecule has 1 aliphatic rings. The third kappa shape index (κ3) is 4.41. The predicted molar refractivity (Wildman–Crippen MR) is 243 cm³/mol. The molecule has 3 heterocycles. The molecule has 3 nitrogen and oxygen atoms in total. The van der Waals surface area contributed by atoms with Gasteiger partial charge in [0, 0.05) is 61.0 Å². The third-order valence-electron chi connectivity index (χ3n) is 12.5. The summed E-state index contributed by atoms with van der Waals surface area (Å²) in [7, 11) is 0. The summed E-state index contributed by atoms with van der Waals surface area (Å²) in [4.78, 5) is 5.13. The first-order valence-corrected chi connectivity index (χ1v) is 20.0. The van der Waals surface area contributed by atoms with Crippen molar-refractivity contribution in [1.29, 1.82) is 0 Å². The highest BCUT2D eigenvalue weighted by Gasteiger charge is 2.23. The van der Waals surface area contributed by atoms with Crippen molar-refractivity contribution < 1.29 is 0 Å². The normalized spacial score (nSPS) is 12.1. The van der Waals surface area contributed by atoms with Crippen molar-refractivity contribution in [3.05, 3.63) is 200 Å². The van der Waals surface area contributed by atoms with Gasteiger partial charge in [-0.1, -0.05) is 133 Å². The van der Waals surface area contributed by atoms with E-state index in [1.54, 1.807) is 0 Å². The smallest absolute Gasteiger partial charge is 0.0781 e. The van der Waals surface area contributed by atoms with Crippen LogP contribution in [0.25, 0.3) is 121 Å². The number of hydrogen-bond acceptors (Lipinski definition) is 1. The van der Waals surface area contributed by atoms with Gasteiger partial charge in [-0.05, 0) is 99.3 Å². The lowest BCUT2D eigenvalue weighted by molar-refractivity contribution is 1.18. The number of hydrogen-bond donors (Lipinski definition) is 0. The largest absolute Gasteiger partial charge is 0.309 e. The van der Waals surface area contributed by atoms with Crippen LogP contribution in [0, 0.1) is 0 Å². The van der Waals surface area contributed by atoms with Crippen molar-refractivity contribution >= 4 is 65.2 Å². The van der Waals surface area contributed by atoms with Crippen LogP contribution in [0.4, 0.5) is 0 Å². The van der Waals surface area contributed by atoms with E-state index in [9.17, 15) is 0 Å². The molecule has 9 aromatic carbocycles. The average Bonchev–Trinajstić information content (AvgIpc) is 3.92. The molecular weight excluding hydrogens is 703 g/mol. The summed E-state index contributed by atoms with van der Waals surface area (Å²) in [6.07, 6.45) is 2.07. The number of rotatable bonds is 4. The van der Waals surface area contributed by atoms with E-state index in [1.807, 2.05) is 0 Å². The second kappa shape index (κ2) is 11.9. The molecule has 0 bridgehead atoms. The molecule has 58 heavy (non-hydrogen) atoms. The Morgan fingerprint density at radius 3 is 1.59 bits per heavy atom. The van der Waals surface area contributed by atoms with Gasteiger partial charge in [-0.25, -0.2) is 0 Å². The molecule has 0 saturated carbocycles. The summed E-state index contributed by atoms with van der Waals surface area (Å²) in [6, 6.07) is 71.1. The van der Waals surface area contributed by atoms with E-state index in [0.717, 1.165) is 16.9 Å². The number of pyridine rings is 1. The highest BCUT2D eigenvalue weighted by Crippen LogP contribution is 2.48. The van der Waals surface area contributed by atoms with Crippen molar-refractivity contribution in [2.75, 3.05) is 0 Å². The number of para-hydroxylation sites is 2. The van der Waals surface area contributed by atoms with Crippen LogP contribution in [0.15, 0.2) is 200 Å². The van der Waals surface area contributed by atoms with Gasteiger partial charge in [0.25, 0.3) is 0 Å². The summed E-state index contributed by atoms with van der Waals surface area (Å²) in [5, 5.41) is 9.95. The predicted octanol–water partition coefficient (Wildman–Crippen LogP) is 14.6. The van der Waals surface area contributed by atoms with Gasteiger partial charge < -0.3 is 9.13 Å². The van der Waals surface area contributed by atoms with Crippen LogP contribution < -0.4 is 0 Å². The maximum absolute atomic E-state index is 5.13. The van der Waals surface area contributed by atoms with Crippen LogP contribution in [-0.2, 0) is 0 Å². The minimum absolute atomic E-state index is 1.01. The second-order valence-electron chi connectivity index (χ2n) is 15.5. The maximum atomic E-state index is 5.13. The van der Waals surface area contributed by atoms with Crippen LogP contribution in [0.1, 0.15) is 0 Å². The SMILES string of the molecule is c1cc(-c2ncc3c4c(cccc24)-c2ccccc2-3)cc(-n2c3ccccc3c3cc(-c4ccc5c(c4)c4ccccc4n5-c4ccc5ccccc5c4)ccc32)c1. The lowest BCUT2D eigenvalue weighted by Crippen LogP contribution is -1.95. The molecule has 0 unspecified atom stereocenters. The van der Waals surface area contributed by atoms with Gasteiger partial charge in [0.1, 0.15) is 0 Å². The molecule has 0 aliphatic heterocycles. The molecule has 268 valence electrons. The summed E-state index contributed by atoms with van der Waals surface area (Å²) in [6.45, 7) is 0. The van der Waals surface area contributed by atoms with Crippen LogP contribution >= 0.6 is 0 Å². The molecule has 0 radical (unpaired) electrons. The first-order valence-electron chi connectivity index (χ1n) is 20.0. The fraction of sp³-hybridized carbons (Fsp3) is 0. The molecule has 0 N–H and O–H groups in total. The molecule has 12 aromatic rings. The van der Waals surface area contributed by atoms with Gasteiger partial charge >= 0.3 is 0 Å². The quantitative estimate of drug-likeness (QED) is 0.176. The highest BCUT2D eigenvalue weighted by atomic mass is 15.0. The molecule has 3 aromatic heterocycles. The van der Waals surface area contributed by atoms with Crippen LogP contribution in [0.5, 0.6) is 0 Å². The zero-order valence-electron chi connectivity index (χ0n) is 31.4. The molecule has 0 atom stereocenters. The van der Waals surface area contributed by atoms with Gasteiger partial charge in [-0.15, -0.1) is 0 Å². The summed E-state index contributed by atoms with van der Waals surface area (Å²) in [5.41, 5.74) is 16.6. The third-order valence-corrected chi connectivity index (χ3v) is 12.5. The van der Waals surface area contributed by atoms with E-state index in [1.165, 1.54) is 104 Å². The number of nitrogens with zero attached hydrogens (tertiary/aromatic N) is 3. The van der Waals surface area contributed by atoms with Crippen molar-refractivity contribution in [1.82, 2.24) is 14.1 Å². The Balaban J connectivity index is 0.948. The number of benzene rings is 9. The lowest BCUT2D eigenvalue weighted by atomic mass is 9.99. The van der Waals surface area contributed by atoms with E-state index < -0.39 is 0 Å². The molecular formula is C55H33N3. The molecule has 1 aliphatic carbocycles. The first kappa shape index (κ1) is 31.5. The zero-order valence-corrected chi connectivity index (χ0v) is 31.4. The Morgan fingerprint density at radius 1 is 0.310 bits per heavy atom. The van der Waals surface area contributed by atoms with E-state index in [-0.39, 0.29) is 0 Å². The number of fused-ring (bicyclic) bond motifs is 10. The highest BCUT2D eigenvalue weighted by molar-refractivity contribution is 6.18. The Hall–Kier alpha value is -7.75. The Bertz CT molecular complexity index is 3660. The minimum Gasteiger partial charge on any atom is -0.309 e. The Kier molecular flexibility index (Phi) is 6.44. The topological polar surface area (TPSA) is 22.8 Å². The molecule has 0 spiro atoms. The van der Waals surface area contributed by atoms with E-state index in [2.05, 4.69) is 209 Å². The lowest BCUT2D eigenvalue weighted by Gasteiger charge is -2.12. The fourth-order valence-corrected chi connectivity index (χ4v) is 9.88. The number of aromatic nitrogens is 3. The average molecular weight is 736 g/mol.